The molecule has 3 aromatic rings. The molecule has 2 aromatic carbocycles. The van der Waals surface area contributed by atoms with Gasteiger partial charge in [0.2, 0.25) is 5.89 Å². The Hall–Kier alpha value is -2.75. The van der Waals surface area contributed by atoms with Crippen LogP contribution in [0.3, 0.4) is 0 Å². The first-order valence-electron chi connectivity index (χ1n) is 9.13. The van der Waals surface area contributed by atoms with Crippen LogP contribution in [0.2, 0.25) is 0 Å². The predicted octanol–water partition coefficient (Wildman–Crippen LogP) is 5.32. The maximum Gasteiger partial charge on any atom is 0.226 e. The van der Waals surface area contributed by atoms with Crippen LogP contribution < -0.4 is 4.74 Å². The summed E-state index contributed by atoms with van der Waals surface area (Å²) < 4.78 is 11.7. The summed E-state index contributed by atoms with van der Waals surface area (Å²) in [5, 5.41) is 9.75. The van der Waals surface area contributed by atoms with E-state index in [9.17, 15) is 5.11 Å². The van der Waals surface area contributed by atoms with E-state index in [-0.39, 0.29) is 5.75 Å². The van der Waals surface area contributed by atoms with Gasteiger partial charge < -0.3 is 14.3 Å². The van der Waals surface area contributed by atoms with Crippen molar-refractivity contribution in [1.29, 1.82) is 0 Å². The van der Waals surface area contributed by atoms with Crippen LogP contribution in [0, 0.1) is 6.92 Å². The van der Waals surface area contributed by atoms with Gasteiger partial charge in [-0.25, -0.2) is 4.98 Å². The highest BCUT2D eigenvalue weighted by atomic mass is 16.5. The van der Waals surface area contributed by atoms with E-state index in [1.54, 1.807) is 12.1 Å². The number of ether oxygens (including phenoxy) is 1. The average molecular weight is 351 g/mol. The summed E-state index contributed by atoms with van der Waals surface area (Å²) in [5.74, 6) is 2.43. The Bertz CT molecular complexity index is 840. The van der Waals surface area contributed by atoms with Crippen LogP contribution >= 0.6 is 0 Å². The molecule has 136 valence electrons. The van der Waals surface area contributed by atoms with Gasteiger partial charge in [0.25, 0.3) is 0 Å². The van der Waals surface area contributed by atoms with E-state index in [0.29, 0.717) is 18.9 Å². The van der Waals surface area contributed by atoms with Crippen molar-refractivity contribution in [2.75, 3.05) is 6.61 Å². The second-order valence-electron chi connectivity index (χ2n) is 6.38. The number of hydrogen-bond acceptors (Lipinski definition) is 4. The van der Waals surface area contributed by atoms with Crippen molar-refractivity contribution in [2.24, 2.45) is 0 Å². The van der Waals surface area contributed by atoms with Gasteiger partial charge in [-0.1, -0.05) is 37.6 Å². The van der Waals surface area contributed by atoms with Crippen LogP contribution in [0.15, 0.2) is 52.9 Å². The Balaban J connectivity index is 1.65. The number of aryl methyl sites for hydroxylation is 2. The lowest BCUT2D eigenvalue weighted by Gasteiger charge is -2.11. The molecule has 1 aromatic heterocycles. The highest BCUT2D eigenvalue weighted by molar-refractivity contribution is 5.53. The van der Waals surface area contributed by atoms with Crippen molar-refractivity contribution >= 4 is 0 Å². The third-order valence-corrected chi connectivity index (χ3v) is 4.36. The minimum Gasteiger partial charge on any atom is -0.508 e. The van der Waals surface area contributed by atoms with Crippen LogP contribution in [0.1, 0.15) is 36.8 Å². The molecule has 26 heavy (non-hydrogen) atoms. The molecule has 0 atom stereocenters. The molecule has 0 radical (unpaired) electrons. The van der Waals surface area contributed by atoms with E-state index in [4.69, 9.17) is 9.15 Å². The molecule has 1 heterocycles. The Kier molecular flexibility index (Phi) is 5.95. The number of aromatic hydroxyl groups is 1. The standard InChI is InChI=1S/C22H25NO3/c1-3-4-8-17-11-12-19(24)15-21(17)25-14-13-20-16(2)26-22(23-20)18-9-6-5-7-10-18/h5-7,9-12,15,24H,3-4,8,13-14H2,1-2H3. The molecule has 0 spiro atoms. The van der Waals surface area contributed by atoms with Crippen LogP contribution in [-0.4, -0.2) is 16.7 Å². The Labute approximate surface area is 154 Å². The van der Waals surface area contributed by atoms with E-state index in [1.807, 2.05) is 43.3 Å². The lowest BCUT2D eigenvalue weighted by molar-refractivity contribution is 0.314. The molecule has 0 unspecified atom stereocenters. The fourth-order valence-corrected chi connectivity index (χ4v) is 2.87. The molecule has 0 fully saturated rings. The highest BCUT2D eigenvalue weighted by Gasteiger charge is 2.12. The van der Waals surface area contributed by atoms with Gasteiger partial charge >= 0.3 is 0 Å². The monoisotopic (exact) mass is 351 g/mol. The highest BCUT2D eigenvalue weighted by Crippen LogP contribution is 2.26. The van der Waals surface area contributed by atoms with Gasteiger partial charge in [0.15, 0.2) is 0 Å². The minimum absolute atomic E-state index is 0.226. The molecule has 0 saturated heterocycles. The lowest BCUT2D eigenvalue weighted by Crippen LogP contribution is -2.04. The number of phenolic OH excluding ortho intramolecular Hbond substituents is 1. The molecule has 0 saturated carbocycles. The molecular weight excluding hydrogens is 326 g/mol. The maximum absolute atomic E-state index is 9.75. The molecule has 0 aliphatic heterocycles. The minimum atomic E-state index is 0.226. The fourth-order valence-electron chi connectivity index (χ4n) is 2.87. The SMILES string of the molecule is CCCCc1ccc(O)cc1OCCc1nc(-c2ccccc2)oc1C. The Morgan fingerprint density at radius 1 is 1.08 bits per heavy atom. The topological polar surface area (TPSA) is 55.5 Å². The normalized spacial score (nSPS) is 10.8. The number of hydrogen-bond donors (Lipinski definition) is 1. The van der Waals surface area contributed by atoms with Crippen LogP contribution in [0.4, 0.5) is 0 Å². The summed E-state index contributed by atoms with van der Waals surface area (Å²) in [6.07, 6.45) is 3.84. The van der Waals surface area contributed by atoms with E-state index in [0.717, 1.165) is 47.6 Å². The smallest absolute Gasteiger partial charge is 0.226 e. The van der Waals surface area contributed by atoms with Crippen molar-refractivity contribution < 1.29 is 14.3 Å². The van der Waals surface area contributed by atoms with Crippen molar-refractivity contribution in [2.45, 2.75) is 39.5 Å². The predicted molar refractivity (Wildman–Crippen MR) is 103 cm³/mol. The zero-order chi connectivity index (χ0) is 18.4. The van der Waals surface area contributed by atoms with Gasteiger partial charge in [0.05, 0.1) is 12.3 Å². The molecule has 0 amide bonds. The summed E-state index contributed by atoms with van der Waals surface area (Å²) >= 11 is 0. The van der Waals surface area contributed by atoms with Gasteiger partial charge in [-0.2, -0.15) is 0 Å². The lowest BCUT2D eigenvalue weighted by atomic mass is 10.1. The number of nitrogens with zero attached hydrogens (tertiary/aromatic N) is 1. The van der Waals surface area contributed by atoms with Gasteiger partial charge in [0.1, 0.15) is 17.3 Å². The maximum atomic E-state index is 9.75. The number of oxazole rings is 1. The quantitative estimate of drug-likeness (QED) is 0.597. The third kappa shape index (κ3) is 4.45. The first-order valence-corrected chi connectivity index (χ1v) is 9.13. The van der Waals surface area contributed by atoms with Gasteiger partial charge in [-0.05, 0) is 43.5 Å². The van der Waals surface area contributed by atoms with E-state index >= 15 is 0 Å². The van der Waals surface area contributed by atoms with Crippen LogP contribution in [-0.2, 0) is 12.8 Å². The van der Waals surface area contributed by atoms with Crippen LogP contribution in [0.5, 0.6) is 11.5 Å². The molecule has 3 rings (SSSR count). The number of aromatic nitrogens is 1. The number of rotatable bonds is 8. The summed E-state index contributed by atoms with van der Waals surface area (Å²) in [7, 11) is 0. The van der Waals surface area contributed by atoms with Gasteiger partial charge in [-0.15, -0.1) is 0 Å². The van der Waals surface area contributed by atoms with Crippen molar-refractivity contribution in [3.63, 3.8) is 0 Å². The Morgan fingerprint density at radius 2 is 1.88 bits per heavy atom. The Morgan fingerprint density at radius 3 is 2.65 bits per heavy atom. The number of phenols is 1. The molecular formula is C22H25NO3. The van der Waals surface area contributed by atoms with Crippen LogP contribution in [0.25, 0.3) is 11.5 Å². The van der Waals surface area contributed by atoms with Gasteiger partial charge in [-0.3, -0.25) is 0 Å². The van der Waals surface area contributed by atoms with Crippen molar-refractivity contribution in [1.82, 2.24) is 4.98 Å². The van der Waals surface area contributed by atoms with E-state index in [2.05, 4.69) is 11.9 Å². The summed E-state index contributed by atoms with van der Waals surface area (Å²) in [4.78, 5) is 4.60. The third-order valence-electron chi connectivity index (χ3n) is 4.36. The first kappa shape index (κ1) is 18.1. The second kappa shape index (κ2) is 8.56. The fraction of sp³-hybridized carbons (Fsp3) is 0.318. The second-order valence-corrected chi connectivity index (χ2v) is 6.38. The zero-order valence-electron chi connectivity index (χ0n) is 15.4. The summed E-state index contributed by atoms with van der Waals surface area (Å²) in [6, 6.07) is 15.2. The largest absolute Gasteiger partial charge is 0.508 e. The summed E-state index contributed by atoms with van der Waals surface area (Å²) in [5.41, 5.74) is 3.00. The molecule has 4 heteroatoms. The van der Waals surface area contributed by atoms with Gasteiger partial charge in [0, 0.05) is 18.1 Å². The molecule has 0 bridgehead atoms. The van der Waals surface area contributed by atoms with E-state index in [1.165, 1.54) is 0 Å². The number of benzene rings is 2. The van der Waals surface area contributed by atoms with Crippen molar-refractivity contribution in [3.05, 3.63) is 65.5 Å². The molecule has 1 N–H and O–H groups in total. The van der Waals surface area contributed by atoms with Crippen molar-refractivity contribution in [3.8, 4) is 23.0 Å². The first-order chi connectivity index (χ1) is 12.7. The molecule has 4 nitrogen and oxygen atoms in total. The van der Waals surface area contributed by atoms with E-state index < -0.39 is 0 Å². The molecule has 0 aliphatic rings. The average Bonchev–Trinajstić information content (AvgIpc) is 3.03. The molecule has 0 aliphatic carbocycles. The summed E-state index contributed by atoms with van der Waals surface area (Å²) in [6.45, 7) is 4.58. The number of unbranched alkanes of at least 4 members (excludes halogenated alkanes) is 1. The zero-order valence-corrected chi connectivity index (χ0v) is 15.4.